The molecule has 138 valence electrons. The predicted octanol–water partition coefficient (Wildman–Crippen LogP) is 5.88. The Bertz CT molecular complexity index is 930. The van der Waals surface area contributed by atoms with Gasteiger partial charge in [0, 0.05) is 30.1 Å². The molecule has 1 saturated carbocycles. The number of hydrogen-bond acceptors (Lipinski definition) is 3. The van der Waals surface area contributed by atoms with Crippen LogP contribution >= 0.6 is 11.6 Å². The van der Waals surface area contributed by atoms with E-state index >= 15 is 0 Å². The van der Waals surface area contributed by atoms with Crippen LogP contribution in [0.4, 0.5) is 4.39 Å². The summed E-state index contributed by atoms with van der Waals surface area (Å²) in [4.78, 5) is 4.57. The highest BCUT2D eigenvalue weighted by molar-refractivity contribution is 6.35. The predicted molar refractivity (Wildman–Crippen MR) is 101 cm³/mol. The van der Waals surface area contributed by atoms with Gasteiger partial charge in [-0.2, -0.15) is 0 Å². The molecular weight excluding hydrogens is 353 g/mol. The van der Waals surface area contributed by atoms with Gasteiger partial charge in [0.2, 0.25) is 0 Å². The van der Waals surface area contributed by atoms with E-state index in [-0.39, 0.29) is 0 Å². The molecule has 0 spiro atoms. The summed E-state index contributed by atoms with van der Waals surface area (Å²) in [5.41, 5.74) is 3.60. The number of hydrogen-bond donors (Lipinski definition) is 0. The van der Waals surface area contributed by atoms with Crippen molar-refractivity contribution in [2.45, 2.75) is 58.7 Å². The zero-order valence-corrected chi connectivity index (χ0v) is 16.1. The smallest absolute Gasteiger partial charge is 0.141 e. The Morgan fingerprint density at radius 2 is 2.08 bits per heavy atom. The fourth-order valence-corrected chi connectivity index (χ4v) is 4.31. The van der Waals surface area contributed by atoms with Crippen molar-refractivity contribution in [3.63, 3.8) is 0 Å². The minimum atomic E-state index is -1.01. The maximum Gasteiger partial charge on any atom is 0.141 e. The third kappa shape index (κ3) is 3.13. The lowest BCUT2D eigenvalue weighted by Crippen LogP contribution is -2.27. The second kappa shape index (κ2) is 6.38. The number of halogens is 2. The van der Waals surface area contributed by atoms with Crippen LogP contribution < -0.4 is 0 Å². The first-order valence-corrected chi connectivity index (χ1v) is 9.48. The van der Waals surface area contributed by atoms with Crippen LogP contribution in [0.15, 0.2) is 23.0 Å². The van der Waals surface area contributed by atoms with E-state index in [1.807, 2.05) is 26.2 Å². The zero-order chi connectivity index (χ0) is 18.5. The first-order valence-electron chi connectivity index (χ1n) is 9.10. The molecule has 0 bridgehead atoms. The van der Waals surface area contributed by atoms with Gasteiger partial charge < -0.3 is 9.09 Å². The van der Waals surface area contributed by atoms with Gasteiger partial charge in [-0.05, 0) is 58.4 Å². The van der Waals surface area contributed by atoms with E-state index in [1.165, 1.54) is 0 Å². The molecule has 0 aromatic carbocycles. The SMILES string of the molecule is Cc1noc(C)c1-c1cnc2c(Cl)cn(CC3CCC(C)(F)CC3)c2c1. The molecule has 26 heavy (non-hydrogen) atoms. The maximum absolute atomic E-state index is 14.1. The summed E-state index contributed by atoms with van der Waals surface area (Å²) < 4.78 is 21.5. The number of alkyl halides is 1. The Morgan fingerprint density at radius 1 is 1.35 bits per heavy atom. The molecule has 0 radical (unpaired) electrons. The normalized spacial score (nSPS) is 23.7. The Labute approximate surface area is 157 Å². The average Bonchev–Trinajstić information content (AvgIpc) is 3.09. The van der Waals surface area contributed by atoms with E-state index in [2.05, 4.69) is 20.8 Å². The summed E-state index contributed by atoms with van der Waals surface area (Å²) >= 11 is 6.41. The Balaban J connectivity index is 1.68. The second-order valence-corrected chi connectivity index (χ2v) is 8.18. The fourth-order valence-electron chi connectivity index (χ4n) is 4.05. The Kier molecular flexibility index (Phi) is 4.30. The molecule has 0 atom stereocenters. The van der Waals surface area contributed by atoms with Gasteiger partial charge in [0.05, 0.1) is 16.2 Å². The summed E-state index contributed by atoms with van der Waals surface area (Å²) in [5.74, 6) is 1.25. The summed E-state index contributed by atoms with van der Waals surface area (Å²) in [6.07, 6.45) is 6.84. The van der Waals surface area contributed by atoms with Crippen molar-refractivity contribution >= 4 is 22.6 Å². The lowest BCUT2D eigenvalue weighted by Gasteiger charge is -2.31. The highest BCUT2D eigenvalue weighted by Crippen LogP contribution is 2.37. The molecule has 1 aliphatic rings. The molecule has 0 aliphatic heterocycles. The van der Waals surface area contributed by atoms with Crippen LogP contribution in [-0.2, 0) is 6.54 Å². The van der Waals surface area contributed by atoms with Gasteiger partial charge >= 0.3 is 0 Å². The van der Waals surface area contributed by atoms with E-state index in [0.29, 0.717) is 23.8 Å². The number of rotatable bonds is 3. The minimum Gasteiger partial charge on any atom is -0.361 e. The highest BCUT2D eigenvalue weighted by Gasteiger charge is 2.31. The molecule has 0 N–H and O–H groups in total. The van der Waals surface area contributed by atoms with Gasteiger partial charge in [0.1, 0.15) is 16.9 Å². The minimum absolute atomic E-state index is 0.466. The number of nitrogens with zero attached hydrogens (tertiary/aromatic N) is 3. The molecule has 0 unspecified atom stereocenters. The molecule has 3 aromatic heterocycles. The summed E-state index contributed by atoms with van der Waals surface area (Å²) in [7, 11) is 0. The lowest BCUT2D eigenvalue weighted by atomic mass is 9.81. The molecule has 3 heterocycles. The molecule has 3 aromatic rings. The van der Waals surface area contributed by atoms with Crippen molar-refractivity contribution in [1.82, 2.24) is 14.7 Å². The van der Waals surface area contributed by atoms with E-state index in [4.69, 9.17) is 16.1 Å². The first kappa shape index (κ1) is 17.5. The van der Waals surface area contributed by atoms with Gasteiger partial charge in [-0.1, -0.05) is 16.8 Å². The van der Waals surface area contributed by atoms with Crippen molar-refractivity contribution < 1.29 is 8.91 Å². The van der Waals surface area contributed by atoms with Crippen LogP contribution in [-0.4, -0.2) is 20.4 Å². The molecule has 0 amide bonds. The summed E-state index contributed by atoms with van der Waals surface area (Å²) in [5, 5.41) is 4.69. The van der Waals surface area contributed by atoms with E-state index in [1.54, 1.807) is 6.92 Å². The Hall–Kier alpha value is -1.88. The van der Waals surface area contributed by atoms with Gasteiger partial charge in [-0.15, -0.1) is 0 Å². The zero-order valence-electron chi connectivity index (χ0n) is 15.4. The monoisotopic (exact) mass is 375 g/mol. The third-order valence-corrected chi connectivity index (χ3v) is 5.87. The number of aryl methyl sites for hydroxylation is 2. The van der Waals surface area contributed by atoms with Crippen molar-refractivity contribution in [2.75, 3.05) is 0 Å². The van der Waals surface area contributed by atoms with Gasteiger partial charge in [-0.25, -0.2) is 4.39 Å². The molecule has 4 rings (SSSR count). The van der Waals surface area contributed by atoms with Crippen LogP contribution in [0.1, 0.15) is 44.1 Å². The molecule has 6 heteroatoms. The topological polar surface area (TPSA) is 43.9 Å². The number of aromatic nitrogens is 3. The Morgan fingerprint density at radius 3 is 2.73 bits per heavy atom. The van der Waals surface area contributed by atoms with Crippen molar-refractivity contribution in [1.29, 1.82) is 0 Å². The molecule has 1 fully saturated rings. The van der Waals surface area contributed by atoms with E-state index in [0.717, 1.165) is 53.0 Å². The maximum atomic E-state index is 14.1. The van der Waals surface area contributed by atoms with E-state index < -0.39 is 5.67 Å². The summed E-state index contributed by atoms with van der Waals surface area (Å²) in [6.45, 7) is 6.39. The van der Waals surface area contributed by atoms with Gasteiger partial charge in [-0.3, -0.25) is 4.98 Å². The average molecular weight is 376 g/mol. The van der Waals surface area contributed by atoms with Crippen LogP contribution in [0.2, 0.25) is 5.02 Å². The summed E-state index contributed by atoms with van der Waals surface area (Å²) in [6, 6.07) is 2.10. The van der Waals surface area contributed by atoms with Gasteiger partial charge in [0.15, 0.2) is 0 Å². The van der Waals surface area contributed by atoms with Crippen molar-refractivity contribution in [3.05, 3.63) is 34.9 Å². The third-order valence-electron chi connectivity index (χ3n) is 5.60. The van der Waals surface area contributed by atoms with Crippen LogP contribution in [0, 0.1) is 19.8 Å². The van der Waals surface area contributed by atoms with Crippen LogP contribution in [0.25, 0.3) is 22.2 Å². The quantitative estimate of drug-likeness (QED) is 0.574. The molecule has 1 aliphatic carbocycles. The largest absolute Gasteiger partial charge is 0.361 e. The van der Waals surface area contributed by atoms with Gasteiger partial charge in [0.25, 0.3) is 0 Å². The molecule has 4 nitrogen and oxygen atoms in total. The fraction of sp³-hybridized carbons (Fsp3) is 0.500. The van der Waals surface area contributed by atoms with Crippen molar-refractivity contribution in [2.24, 2.45) is 5.92 Å². The lowest BCUT2D eigenvalue weighted by molar-refractivity contribution is 0.0985. The number of pyridine rings is 1. The van der Waals surface area contributed by atoms with Crippen LogP contribution in [0.3, 0.4) is 0 Å². The molecular formula is C20H23ClFN3O. The van der Waals surface area contributed by atoms with E-state index in [9.17, 15) is 4.39 Å². The standard InChI is InChI=1S/C20H23ClFN3O/c1-12-18(13(2)26-24-12)15-8-17-19(23-9-15)16(21)11-25(17)10-14-4-6-20(3,22)7-5-14/h8-9,11,14H,4-7,10H2,1-3H3. The second-order valence-electron chi connectivity index (χ2n) is 7.78. The number of fused-ring (bicyclic) bond motifs is 1. The van der Waals surface area contributed by atoms with Crippen LogP contribution in [0.5, 0.6) is 0 Å². The first-order chi connectivity index (χ1) is 12.3. The molecule has 0 saturated heterocycles. The highest BCUT2D eigenvalue weighted by atomic mass is 35.5. The van der Waals surface area contributed by atoms with Crippen molar-refractivity contribution in [3.8, 4) is 11.1 Å².